The molecule has 0 unspecified atom stereocenters. The van der Waals surface area contributed by atoms with Crippen molar-refractivity contribution in [2.75, 3.05) is 18.9 Å². The summed E-state index contributed by atoms with van der Waals surface area (Å²) in [5, 5.41) is 6.49. The molecule has 0 aliphatic rings. The summed E-state index contributed by atoms with van der Waals surface area (Å²) in [7, 11) is 1.89. The van der Waals surface area contributed by atoms with Gasteiger partial charge in [-0.15, -0.1) is 0 Å². The molecule has 2 N–H and O–H groups in total. The molecule has 0 fully saturated rings. The fraction of sp³-hybridized carbons (Fsp3) is 0.364. The van der Waals surface area contributed by atoms with Crippen LogP contribution in [0.5, 0.6) is 0 Å². The van der Waals surface area contributed by atoms with Crippen LogP contribution in [0.4, 0.5) is 5.69 Å². The molecule has 0 heterocycles. The van der Waals surface area contributed by atoms with Gasteiger partial charge in [0.2, 0.25) is 5.91 Å². The first-order chi connectivity index (χ1) is 13.0. The SMILES string of the molecule is Cc1cc(NC(=O)c2ccc(CN(C)CC(=O)NC(C)(C)C)cc2)ccc1Cl. The second-order valence-electron chi connectivity index (χ2n) is 8.09. The van der Waals surface area contributed by atoms with Crippen LogP contribution in [-0.4, -0.2) is 35.8 Å². The van der Waals surface area contributed by atoms with Crippen LogP contribution in [0.3, 0.4) is 0 Å². The molecular weight excluding hydrogens is 374 g/mol. The van der Waals surface area contributed by atoms with E-state index in [4.69, 9.17) is 11.6 Å². The normalized spacial score (nSPS) is 11.4. The van der Waals surface area contributed by atoms with Gasteiger partial charge >= 0.3 is 0 Å². The molecule has 2 aromatic rings. The number of halogens is 1. The number of carbonyl (C=O) groups excluding carboxylic acids is 2. The summed E-state index contributed by atoms with van der Waals surface area (Å²) in [5.41, 5.74) is 2.98. The van der Waals surface area contributed by atoms with E-state index in [1.165, 1.54) is 0 Å². The van der Waals surface area contributed by atoms with Crippen molar-refractivity contribution in [3.05, 3.63) is 64.2 Å². The third-order valence-corrected chi connectivity index (χ3v) is 4.44. The Kier molecular flexibility index (Phi) is 7.22. The van der Waals surface area contributed by atoms with Crippen molar-refractivity contribution >= 4 is 29.1 Å². The lowest BCUT2D eigenvalue weighted by atomic mass is 10.1. The Balaban J connectivity index is 1.92. The highest BCUT2D eigenvalue weighted by atomic mass is 35.5. The van der Waals surface area contributed by atoms with Crippen LogP contribution in [0.1, 0.15) is 42.3 Å². The molecule has 6 heteroatoms. The highest BCUT2D eigenvalue weighted by Gasteiger charge is 2.15. The average Bonchev–Trinajstić information content (AvgIpc) is 2.56. The highest BCUT2D eigenvalue weighted by Crippen LogP contribution is 2.20. The third-order valence-electron chi connectivity index (χ3n) is 4.01. The molecule has 0 bridgehead atoms. The molecule has 0 radical (unpaired) electrons. The molecule has 0 atom stereocenters. The van der Waals surface area contributed by atoms with E-state index in [-0.39, 0.29) is 17.4 Å². The summed E-state index contributed by atoms with van der Waals surface area (Å²) >= 11 is 6.01. The number of rotatable bonds is 6. The average molecular weight is 402 g/mol. The van der Waals surface area contributed by atoms with Gasteiger partial charge in [-0.2, -0.15) is 0 Å². The van der Waals surface area contributed by atoms with Crippen molar-refractivity contribution in [3.8, 4) is 0 Å². The lowest BCUT2D eigenvalue weighted by Crippen LogP contribution is -2.45. The van der Waals surface area contributed by atoms with Gasteiger partial charge in [0.1, 0.15) is 0 Å². The second-order valence-corrected chi connectivity index (χ2v) is 8.49. The van der Waals surface area contributed by atoms with Crippen LogP contribution < -0.4 is 10.6 Å². The van der Waals surface area contributed by atoms with E-state index in [9.17, 15) is 9.59 Å². The maximum Gasteiger partial charge on any atom is 0.255 e. The van der Waals surface area contributed by atoms with Crippen LogP contribution in [0, 0.1) is 6.92 Å². The van der Waals surface area contributed by atoms with Crippen LogP contribution >= 0.6 is 11.6 Å². The van der Waals surface area contributed by atoms with Gasteiger partial charge in [0.15, 0.2) is 0 Å². The number of hydrogen-bond donors (Lipinski definition) is 2. The number of benzene rings is 2. The number of amides is 2. The Morgan fingerprint density at radius 3 is 2.29 bits per heavy atom. The first kappa shape index (κ1) is 21.9. The maximum atomic E-state index is 12.4. The third kappa shape index (κ3) is 6.98. The van der Waals surface area contributed by atoms with E-state index < -0.39 is 0 Å². The van der Waals surface area contributed by atoms with Crippen LogP contribution in [0.15, 0.2) is 42.5 Å². The number of nitrogens with one attached hydrogen (secondary N) is 2. The number of anilines is 1. The smallest absolute Gasteiger partial charge is 0.255 e. The van der Waals surface area contributed by atoms with E-state index in [1.54, 1.807) is 24.3 Å². The molecular formula is C22H28ClN3O2. The van der Waals surface area contributed by atoms with Crippen LogP contribution in [0.25, 0.3) is 0 Å². The van der Waals surface area contributed by atoms with Crippen molar-refractivity contribution in [2.24, 2.45) is 0 Å². The fourth-order valence-electron chi connectivity index (χ4n) is 2.76. The van der Waals surface area contributed by atoms with Gasteiger partial charge < -0.3 is 10.6 Å². The Morgan fingerprint density at radius 2 is 1.71 bits per heavy atom. The second kappa shape index (κ2) is 9.22. The number of aryl methyl sites for hydroxylation is 1. The summed E-state index contributed by atoms with van der Waals surface area (Å²) in [6, 6.07) is 12.8. The highest BCUT2D eigenvalue weighted by molar-refractivity contribution is 6.31. The quantitative estimate of drug-likeness (QED) is 0.760. The minimum absolute atomic E-state index is 0.00995. The molecule has 2 aromatic carbocycles. The van der Waals surface area contributed by atoms with Gasteiger partial charge in [-0.1, -0.05) is 23.7 Å². The van der Waals surface area contributed by atoms with E-state index in [0.29, 0.717) is 29.4 Å². The predicted octanol–water partition coefficient (Wildman–Crippen LogP) is 4.25. The minimum atomic E-state index is -0.241. The van der Waals surface area contributed by atoms with Gasteiger partial charge in [0, 0.05) is 28.4 Å². The Bertz CT molecular complexity index is 842. The lowest BCUT2D eigenvalue weighted by molar-refractivity contribution is -0.123. The molecule has 150 valence electrons. The zero-order valence-corrected chi connectivity index (χ0v) is 17.9. The van der Waals surface area contributed by atoms with Gasteiger partial charge in [-0.05, 0) is 76.2 Å². The number of likely N-dealkylation sites (N-methyl/N-ethyl adjacent to an activating group) is 1. The van der Waals surface area contributed by atoms with Crippen molar-refractivity contribution in [1.29, 1.82) is 0 Å². The van der Waals surface area contributed by atoms with Crippen LogP contribution in [0.2, 0.25) is 5.02 Å². The largest absolute Gasteiger partial charge is 0.350 e. The zero-order chi connectivity index (χ0) is 20.9. The fourth-order valence-corrected chi connectivity index (χ4v) is 2.88. The standard InChI is InChI=1S/C22H28ClN3O2/c1-15-12-18(10-11-19(15)23)24-21(28)17-8-6-16(7-9-17)13-26(5)14-20(27)25-22(2,3)4/h6-12H,13-14H2,1-5H3,(H,24,28)(H,25,27). The summed E-state index contributed by atoms with van der Waals surface area (Å²) in [6.07, 6.45) is 0. The monoisotopic (exact) mass is 401 g/mol. The molecule has 0 spiro atoms. The van der Waals surface area contributed by atoms with Crippen molar-refractivity contribution in [2.45, 2.75) is 39.8 Å². The number of hydrogen-bond acceptors (Lipinski definition) is 3. The van der Waals surface area contributed by atoms with E-state index >= 15 is 0 Å². The number of carbonyl (C=O) groups is 2. The van der Waals surface area contributed by atoms with E-state index in [2.05, 4.69) is 10.6 Å². The van der Waals surface area contributed by atoms with E-state index in [1.807, 2.05) is 57.8 Å². The molecule has 0 saturated heterocycles. The van der Waals surface area contributed by atoms with Gasteiger partial charge in [0.05, 0.1) is 6.54 Å². The molecule has 0 aromatic heterocycles. The van der Waals surface area contributed by atoms with E-state index in [0.717, 1.165) is 11.1 Å². The molecule has 0 saturated carbocycles. The first-order valence-corrected chi connectivity index (χ1v) is 9.57. The van der Waals surface area contributed by atoms with Gasteiger partial charge in [0.25, 0.3) is 5.91 Å². The summed E-state index contributed by atoms with van der Waals surface area (Å²) in [4.78, 5) is 26.4. The molecule has 2 amide bonds. The van der Waals surface area contributed by atoms with Crippen molar-refractivity contribution in [1.82, 2.24) is 10.2 Å². The molecule has 2 rings (SSSR count). The zero-order valence-electron chi connectivity index (χ0n) is 17.1. The van der Waals surface area contributed by atoms with Crippen molar-refractivity contribution in [3.63, 3.8) is 0 Å². The summed E-state index contributed by atoms with van der Waals surface area (Å²) in [6.45, 7) is 8.70. The Hall–Kier alpha value is -2.37. The van der Waals surface area contributed by atoms with Gasteiger partial charge in [-0.3, -0.25) is 14.5 Å². The Morgan fingerprint density at radius 1 is 1.07 bits per heavy atom. The topological polar surface area (TPSA) is 61.4 Å². The van der Waals surface area contributed by atoms with Gasteiger partial charge in [-0.25, -0.2) is 0 Å². The molecule has 0 aliphatic carbocycles. The number of nitrogens with zero attached hydrogens (tertiary/aromatic N) is 1. The molecule has 5 nitrogen and oxygen atoms in total. The summed E-state index contributed by atoms with van der Waals surface area (Å²) in [5.74, 6) is -0.185. The predicted molar refractivity (Wildman–Crippen MR) is 115 cm³/mol. The van der Waals surface area contributed by atoms with Crippen LogP contribution in [-0.2, 0) is 11.3 Å². The summed E-state index contributed by atoms with van der Waals surface area (Å²) < 4.78 is 0. The molecule has 0 aliphatic heterocycles. The Labute approximate surface area is 172 Å². The maximum absolute atomic E-state index is 12.4. The first-order valence-electron chi connectivity index (χ1n) is 9.19. The van der Waals surface area contributed by atoms with Crippen molar-refractivity contribution < 1.29 is 9.59 Å². The lowest BCUT2D eigenvalue weighted by Gasteiger charge is -2.23. The minimum Gasteiger partial charge on any atom is -0.350 e. The molecule has 28 heavy (non-hydrogen) atoms.